The highest BCUT2D eigenvalue weighted by Crippen LogP contribution is 2.40. The van der Waals surface area contributed by atoms with Crippen LogP contribution in [0, 0.1) is 5.41 Å². The maximum absolute atomic E-state index is 10.4. The van der Waals surface area contributed by atoms with Crippen LogP contribution in [0.15, 0.2) is 0 Å². The first kappa shape index (κ1) is 18.6. The van der Waals surface area contributed by atoms with Crippen molar-refractivity contribution < 1.29 is 14.9 Å². The highest BCUT2D eigenvalue weighted by atomic mass is 16.5. The van der Waals surface area contributed by atoms with Crippen molar-refractivity contribution in [3.8, 4) is 0 Å². The largest absolute Gasteiger partial charge is 0.388 e. The van der Waals surface area contributed by atoms with Crippen molar-refractivity contribution in [2.75, 3.05) is 45.9 Å². The Bertz CT molecular complexity index is 424. The molecule has 140 valence electrons. The summed E-state index contributed by atoms with van der Waals surface area (Å²) in [6, 6.07) is 0. The second-order valence-corrected chi connectivity index (χ2v) is 9.47. The van der Waals surface area contributed by atoms with Crippen molar-refractivity contribution in [1.82, 2.24) is 9.80 Å². The number of hydrogen-bond acceptors (Lipinski definition) is 5. The third kappa shape index (κ3) is 4.31. The molecule has 3 rings (SSSR count). The molecule has 5 heteroatoms. The van der Waals surface area contributed by atoms with Crippen LogP contribution in [0.5, 0.6) is 0 Å². The van der Waals surface area contributed by atoms with Gasteiger partial charge in [0, 0.05) is 32.6 Å². The molecule has 2 N–H and O–H groups in total. The minimum atomic E-state index is -1.02. The van der Waals surface area contributed by atoms with E-state index in [4.69, 9.17) is 4.74 Å². The van der Waals surface area contributed by atoms with E-state index in [0.717, 1.165) is 32.5 Å². The Morgan fingerprint density at radius 1 is 1.04 bits per heavy atom. The van der Waals surface area contributed by atoms with Crippen LogP contribution in [0.3, 0.4) is 0 Å². The number of hydrogen-bond donors (Lipinski definition) is 2. The Balaban J connectivity index is 1.49. The van der Waals surface area contributed by atoms with E-state index in [-0.39, 0.29) is 12.2 Å². The van der Waals surface area contributed by atoms with E-state index >= 15 is 0 Å². The van der Waals surface area contributed by atoms with Gasteiger partial charge in [0.25, 0.3) is 0 Å². The van der Waals surface area contributed by atoms with Crippen molar-refractivity contribution in [3.63, 3.8) is 0 Å². The number of piperidine rings is 1. The smallest absolute Gasteiger partial charge is 0.106 e. The Hall–Kier alpha value is -0.200. The molecular formula is C19H36N2O3. The average Bonchev–Trinajstić information content (AvgIpc) is 2.97. The normalized spacial score (nSPS) is 35.6. The molecule has 0 amide bonds. The summed E-state index contributed by atoms with van der Waals surface area (Å²) in [5, 5.41) is 20.3. The van der Waals surface area contributed by atoms with Gasteiger partial charge < -0.3 is 24.7 Å². The predicted octanol–water partition coefficient (Wildman–Crippen LogP) is 1.48. The summed E-state index contributed by atoms with van der Waals surface area (Å²) in [5.41, 5.74) is -0.947. The van der Waals surface area contributed by atoms with E-state index in [1.165, 1.54) is 32.5 Å². The van der Waals surface area contributed by atoms with Gasteiger partial charge in [-0.05, 0) is 51.1 Å². The Kier molecular flexibility index (Phi) is 5.30. The third-order valence-corrected chi connectivity index (χ3v) is 6.21. The van der Waals surface area contributed by atoms with Crippen molar-refractivity contribution in [3.05, 3.63) is 0 Å². The number of nitrogens with zero attached hydrogens (tertiary/aromatic N) is 2. The van der Waals surface area contributed by atoms with Gasteiger partial charge in [-0.25, -0.2) is 0 Å². The molecular weight excluding hydrogens is 304 g/mol. The molecule has 0 saturated carbocycles. The molecule has 0 unspecified atom stereocenters. The Morgan fingerprint density at radius 3 is 2.12 bits per heavy atom. The van der Waals surface area contributed by atoms with Crippen LogP contribution in [-0.4, -0.2) is 83.2 Å². The zero-order valence-corrected chi connectivity index (χ0v) is 15.8. The summed E-state index contributed by atoms with van der Waals surface area (Å²) in [7, 11) is 0. The van der Waals surface area contributed by atoms with Gasteiger partial charge >= 0.3 is 0 Å². The molecule has 0 aromatic rings. The van der Waals surface area contributed by atoms with E-state index in [2.05, 4.69) is 23.6 Å². The second kappa shape index (κ2) is 6.84. The highest BCUT2D eigenvalue weighted by Gasteiger charge is 2.48. The topological polar surface area (TPSA) is 56.2 Å². The minimum absolute atomic E-state index is 0.238. The number of likely N-dealkylation sites (tertiary alicyclic amines) is 2. The summed E-state index contributed by atoms with van der Waals surface area (Å²) in [4.78, 5) is 5.17. The van der Waals surface area contributed by atoms with E-state index in [1.54, 1.807) is 6.92 Å². The third-order valence-electron chi connectivity index (χ3n) is 6.21. The van der Waals surface area contributed by atoms with E-state index in [9.17, 15) is 10.2 Å². The second-order valence-electron chi connectivity index (χ2n) is 9.47. The zero-order valence-electron chi connectivity index (χ0n) is 15.8. The molecule has 5 nitrogen and oxygen atoms in total. The molecule has 24 heavy (non-hydrogen) atoms. The van der Waals surface area contributed by atoms with Crippen LogP contribution >= 0.6 is 0 Å². The summed E-state index contributed by atoms with van der Waals surface area (Å²) in [6.45, 7) is 13.6. The van der Waals surface area contributed by atoms with Crippen LogP contribution in [0.2, 0.25) is 0 Å². The van der Waals surface area contributed by atoms with Crippen molar-refractivity contribution >= 4 is 0 Å². The van der Waals surface area contributed by atoms with Gasteiger partial charge in [0.05, 0.1) is 17.8 Å². The lowest BCUT2D eigenvalue weighted by Crippen LogP contribution is -2.59. The summed E-state index contributed by atoms with van der Waals surface area (Å²) in [6.07, 6.45) is 4.40. The molecule has 0 aromatic heterocycles. The number of aliphatic hydroxyl groups excluding tert-OH is 1. The maximum Gasteiger partial charge on any atom is 0.106 e. The zero-order chi connectivity index (χ0) is 17.4. The Morgan fingerprint density at radius 2 is 1.58 bits per heavy atom. The first-order chi connectivity index (χ1) is 11.2. The maximum atomic E-state index is 10.4. The first-order valence-electron chi connectivity index (χ1n) is 9.69. The molecule has 3 aliphatic rings. The molecule has 0 aliphatic carbocycles. The van der Waals surface area contributed by atoms with E-state index in [1.807, 2.05) is 0 Å². The van der Waals surface area contributed by atoms with Crippen molar-refractivity contribution in [2.24, 2.45) is 5.41 Å². The summed E-state index contributed by atoms with van der Waals surface area (Å²) < 4.78 is 6.00. The van der Waals surface area contributed by atoms with E-state index in [0.29, 0.717) is 11.8 Å². The van der Waals surface area contributed by atoms with Crippen LogP contribution in [0.4, 0.5) is 0 Å². The fourth-order valence-electron chi connectivity index (χ4n) is 4.90. The lowest BCUT2D eigenvalue weighted by Gasteiger charge is -2.50. The fraction of sp³-hybridized carbons (Fsp3) is 1.00. The molecule has 3 saturated heterocycles. The van der Waals surface area contributed by atoms with Crippen LogP contribution in [-0.2, 0) is 4.74 Å². The van der Waals surface area contributed by atoms with Gasteiger partial charge in [0.15, 0.2) is 0 Å². The molecule has 0 aromatic carbocycles. The van der Waals surface area contributed by atoms with Gasteiger partial charge in [0.1, 0.15) is 6.10 Å². The lowest BCUT2D eigenvalue weighted by atomic mass is 9.76. The molecule has 3 heterocycles. The first-order valence-corrected chi connectivity index (χ1v) is 9.69. The van der Waals surface area contributed by atoms with Crippen molar-refractivity contribution in [1.29, 1.82) is 0 Å². The monoisotopic (exact) mass is 340 g/mol. The average molecular weight is 341 g/mol. The number of ether oxygens (including phenoxy) is 1. The lowest BCUT2D eigenvalue weighted by molar-refractivity contribution is -0.223. The standard InChI is InChI=1S/C19H36N2O3/c1-17(2,14-20-8-4-5-9-20)15-21-10-6-19(7-11-21)13-18(3,23)16(22)12-24-19/h16,22-23H,4-15H2,1-3H3/t16-,18-/m0/s1. The van der Waals surface area contributed by atoms with Gasteiger partial charge in [-0.15, -0.1) is 0 Å². The van der Waals surface area contributed by atoms with Gasteiger partial charge in [-0.3, -0.25) is 0 Å². The minimum Gasteiger partial charge on any atom is -0.388 e. The van der Waals surface area contributed by atoms with Crippen molar-refractivity contribution in [2.45, 2.75) is 70.2 Å². The molecule has 3 aliphatic heterocycles. The summed E-state index contributed by atoms with van der Waals surface area (Å²) in [5.74, 6) is 0. The number of aliphatic hydroxyl groups is 2. The molecule has 2 atom stereocenters. The predicted molar refractivity (Wildman–Crippen MR) is 95.1 cm³/mol. The highest BCUT2D eigenvalue weighted by molar-refractivity contribution is 5.00. The van der Waals surface area contributed by atoms with Crippen LogP contribution in [0.1, 0.15) is 52.9 Å². The molecule has 1 spiro atoms. The summed E-state index contributed by atoms with van der Waals surface area (Å²) >= 11 is 0. The van der Waals surface area contributed by atoms with Crippen LogP contribution in [0.25, 0.3) is 0 Å². The Labute approximate surface area is 147 Å². The molecule has 3 fully saturated rings. The van der Waals surface area contributed by atoms with Gasteiger partial charge in [-0.1, -0.05) is 13.8 Å². The SMILES string of the molecule is CC(C)(CN1CCCC1)CN1CCC2(CC1)C[C@](C)(O)[C@@H](O)CO2. The quantitative estimate of drug-likeness (QED) is 0.812. The fourth-order valence-corrected chi connectivity index (χ4v) is 4.90. The van der Waals surface area contributed by atoms with Crippen LogP contribution < -0.4 is 0 Å². The molecule has 0 radical (unpaired) electrons. The van der Waals surface area contributed by atoms with E-state index < -0.39 is 11.7 Å². The number of rotatable bonds is 4. The molecule has 0 bridgehead atoms. The van der Waals surface area contributed by atoms with Gasteiger partial charge in [-0.2, -0.15) is 0 Å². The van der Waals surface area contributed by atoms with Gasteiger partial charge in [0.2, 0.25) is 0 Å².